The Morgan fingerprint density at radius 3 is 2.77 bits per heavy atom. The highest BCUT2D eigenvalue weighted by Crippen LogP contribution is 2.44. The summed E-state index contributed by atoms with van der Waals surface area (Å²) >= 11 is 0. The molecule has 1 unspecified atom stereocenters. The summed E-state index contributed by atoms with van der Waals surface area (Å²) in [6, 6.07) is 8.49. The number of benzene rings is 1. The maximum atomic E-state index is 15.4. The number of hydrogen-bond donors (Lipinski definition) is 1. The fraction of sp³-hybridized carbons (Fsp3) is 0.346. The van der Waals surface area contributed by atoms with Crippen LogP contribution in [0.2, 0.25) is 0 Å². The van der Waals surface area contributed by atoms with Crippen LogP contribution in [0.4, 0.5) is 4.39 Å². The first-order valence-electron chi connectivity index (χ1n) is 11.7. The second-order valence-corrected chi connectivity index (χ2v) is 8.99. The van der Waals surface area contributed by atoms with Crippen LogP contribution in [0.15, 0.2) is 43.0 Å². The van der Waals surface area contributed by atoms with Crippen molar-refractivity contribution in [3.63, 3.8) is 0 Å². The summed E-state index contributed by atoms with van der Waals surface area (Å²) in [5.41, 5.74) is 0.842. The molecule has 4 aromatic rings. The van der Waals surface area contributed by atoms with Gasteiger partial charge in [0.05, 0.1) is 29.5 Å². The number of allylic oxidation sites excluding steroid dienone is 1. The number of halogens is 1. The van der Waals surface area contributed by atoms with Gasteiger partial charge in [0.2, 0.25) is 0 Å². The molecular weight excluding hydrogens is 446 g/mol. The average molecular weight is 472 g/mol. The number of pyridine rings is 1. The van der Waals surface area contributed by atoms with Gasteiger partial charge < -0.3 is 19.0 Å². The summed E-state index contributed by atoms with van der Waals surface area (Å²) in [6.07, 6.45) is 4.84. The lowest BCUT2D eigenvalue weighted by Gasteiger charge is -2.29. The minimum Gasteiger partial charge on any atom is -0.465 e. The quantitative estimate of drug-likeness (QED) is 0.230. The fourth-order valence-corrected chi connectivity index (χ4v) is 4.58. The summed E-state index contributed by atoms with van der Waals surface area (Å²) in [5.74, 6) is -0.737. The van der Waals surface area contributed by atoms with Crippen molar-refractivity contribution in [1.82, 2.24) is 19.1 Å². The zero-order valence-electron chi connectivity index (χ0n) is 19.8. The van der Waals surface area contributed by atoms with Crippen LogP contribution in [0, 0.1) is 5.82 Å². The normalized spacial score (nSPS) is 15.4. The number of methoxy groups -OCH3 is 1. The first kappa shape index (κ1) is 23.3. The van der Waals surface area contributed by atoms with E-state index in [2.05, 4.69) is 6.58 Å². The molecule has 1 fully saturated rings. The van der Waals surface area contributed by atoms with Crippen molar-refractivity contribution >= 4 is 35.9 Å². The highest BCUT2D eigenvalue weighted by Gasteiger charge is 2.34. The van der Waals surface area contributed by atoms with Gasteiger partial charge in [-0.25, -0.2) is 19.2 Å². The van der Waals surface area contributed by atoms with E-state index in [9.17, 15) is 9.90 Å². The van der Waals surface area contributed by atoms with Gasteiger partial charge >= 0.3 is 5.97 Å². The molecule has 7 nitrogen and oxygen atoms in total. The molecule has 0 bridgehead atoms. The van der Waals surface area contributed by atoms with Crippen LogP contribution >= 0.6 is 0 Å². The van der Waals surface area contributed by atoms with Crippen LogP contribution in [-0.2, 0) is 16.8 Å². The van der Waals surface area contributed by atoms with E-state index in [0.29, 0.717) is 41.0 Å². The molecule has 0 amide bonds. The summed E-state index contributed by atoms with van der Waals surface area (Å²) in [5, 5.41) is 12.2. The number of hydrogen-bond acceptors (Lipinski definition) is 5. The molecule has 35 heavy (non-hydrogen) atoms. The first-order valence-corrected chi connectivity index (χ1v) is 11.7. The number of imidazole rings is 1. The molecule has 9 heteroatoms. The lowest BCUT2D eigenvalue weighted by atomic mass is 9.85. The van der Waals surface area contributed by atoms with E-state index in [4.69, 9.17) is 22.6 Å². The molecule has 1 aliphatic carbocycles. The van der Waals surface area contributed by atoms with Gasteiger partial charge in [-0.2, -0.15) is 0 Å². The molecule has 3 heterocycles. The van der Waals surface area contributed by atoms with Gasteiger partial charge in [-0.3, -0.25) is 0 Å². The van der Waals surface area contributed by atoms with Crippen molar-refractivity contribution in [1.29, 1.82) is 0 Å². The summed E-state index contributed by atoms with van der Waals surface area (Å²) in [6.45, 7) is 5.74. The number of carbonyl (C=O) groups excluding carboxylic acids is 1. The lowest BCUT2D eigenvalue weighted by molar-refractivity contribution is 0.0491. The van der Waals surface area contributed by atoms with Crippen molar-refractivity contribution in [2.75, 3.05) is 7.11 Å². The van der Waals surface area contributed by atoms with Crippen LogP contribution < -0.4 is 0 Å². The largest absolute Gasteiger partial charge is 0.465 e. The van der Waals surface area contributed by atoms with E-state index >= 15 is 4.39 Å². The molecule has 1 N–H and O–H groups in total. The molecule has 0 spiro atoms. The smallest absolute Gasteiger partial charge is 0.338 e. The van der Waals surface area contributed by atoms with Crippen molar-refractivity contribution in [3.8, 4) is 11.5 Å². The van der Waals surface area contributed by atoms with Gasteiger partial charge in [-0.15, -0.1) is 6.58 Å². The summed E-state index contributed by atoms with van der Waals surface area (Å²) < 4.78 is 23.6. The van der Waals surface area contributed by atoms with Crippen LogP contribution in [0.25, 0.3) is 33.6 Å². The fourth-order valence-electron chi connectivity index (χ4n) is 4.58. The van der Waals surface area contributed by atoms with E-state index < -0.39 is 17.4 Å². The van der Waals surface area contributed by atoms with E-state index in [1.54, 1.807) is 10.6 Å². The number of aryl methyl sites for hydroxylation is 1. The maximum Gasteiger partial charge on any atom is 0.338 e. The highest BCUT2D eigenvalue weighted by molar-refractivity contribution is 6.13. The monoisotopic (exact) mass is 472 g/mol. The van der Waals surface area contributed by atoms with E-state index in [1.165, 1.54) is 19.2 Å². The Hall–Kier alpha value is -3.46. The van der Waals surface area contributed by atoms with Crippen molar-refractivity contribution < 1.29 is 19.0 Å². The third kappa shape index (κ3) is 3.93. The first-order chi connectivity index (χ1) is 16.8. The molecule has 2 radical (unpaired) electrons. The molecule has 1 atom stereocenters. The van der Waals surface area contributed by atoms with Gasteiger partial charge in [0.25, 0.3) is 0 Å². The number of nitrogens with zero attached hydrogens (tertiary/aromatic N) is 4. The van der Waals surface area contributed by atoms with Gasteiger partial charge in [0.1, 0.15) is 24.8 Å². The number of rotatable bonds is 8. The Morgan fingerprint density at radius 2 is 2.11 bits per heavy atom. The van der Waals surface area contributed by atoms with Gasteiger partial charge in [0.15, 0.2) is 5.82 Å². The van der Waals surface area contributed by atoms with Crippen molar-refractivity contribution in [2.45, 2.75) is 50.7 Å². The number of ether oxygens (including phenoxy) is 1. The molecular formula is C26H26BFN4O3. The molecule has 1 saturated carbocycles. The number of aliphatic hydroxyl groups is 1. The third-order valence-corrected chi connectivity index (χ3v) is 6.47. The molecule has 0 saturated heterocycles. The topological polar surface area (TPSA) is 82.2 Å². The SMILES string of the molecule is [B]C(O)(CCC=C)n1c(-c2nc3cc(C(=O)OC)cc(F)c3n2C2CC2)cc2ccc(CC)nc21. The zero-order chi connectivity index (χ0) is 24.9. The van der Waals surface area contributed by atoms with Crippen LogP contribution in [0.3, 0.4) is 0 Å². The second-order valence-electron chi connectivity index (χ2n) is 8.99. The predicted octanol–water partition coefficient (Wildman–Crippen LogP) is 4.61. The third-order valence-electron chi connectivity index (χ3n) is 6.47. The number of esters is 1. The van der Waals surface area contributed by atoms with Crippen molar-refractivity contribution in [3.05, 3.63) is 60.1 Å². The van der Waals surface area contributed by atoms with E-state index in [0.717, 1.165) is 23.9 Å². The summed E-state index contributed by atoms with van der Waals surface area (Å²) in [7, 11) is 7.72. The van der Waals surface area contributed by atoms with Crippen molar-refractivity contribution in [2.24, 2.45) is 0 Å². The average Bonchev–Trinajstić information content (AvgIpc) is 3.49. The Labute approximate surface area is 203 Å². The zero-order valence-corrected chi connectivity index (χ0v) is 19.8. The Morgan fingerprint density at radius 1 is 1.34 bits per heavy atom. The minimum absolute atomic E-state index is 0.0538. The highest BCUT2D eigenvalue weighted by atomic mass is 19.1. The second kappa shape index (κ2) is 8.64. The van der Waals surface area contributed by atoms with Gasteiger partial charge in [0, 0.05) is 17.1 Å². The van der Waals surface area contributed by atoms with Gasteiger partial charge in [-0.1, -0.05) is 13.0 Å². The van der Waals surface area contributed by atoms with Crippen LogP contribution in [0.1, 0.15) is 54.7 Å². The minimum atomic E-state index is -1.78. The molecule has 5 rings (SSSR count). The molecule has 3 aromatic heterocycles. The standard InChI is InChI=1S/C26H26BFN4O3/c1-4-6-11-26(27,34)32-21(14-15-7-8-17(5-2)29-23(15)32)24-30-20-13-16(25(33)35-3)12-19(28)22(20)31(24)18-9-10-18/h4,7-8,12-14,18,34H,1,5-6,9-11H2,2-3H3. The number of aromatic nitrogens is 4. The number of carbonyl (C=O) groups is 1. The number of fused-ring (bicyclic) bond motifs is 2. The Balaban J connectivity index is 1.82. The van der Waals surface area contributed by atoms with Gasteiger partial charge in [-0.05, 0) is 62.4 Å². The van der Waals surface area contributed by atoms with E-state index in [1.807, 2.05) is 29.7 Å². The molecule has 0 aliphatic heterocycles. The van der Waals surface area contributed by atoms with Crippen LogP contribution in [-0.4, -0.2) is 45.1 Å². The Kier molecular flexibility index (Phi) is 5.75. The lowest BCUT2D eigenvalue weighted by Crippen LogP contribution is -2.34. The molecule has 1 aromatic carbocycles. The van der Waals surface area contributed by atoms with E-state index in [-0.39, 0.29) is 18.0 Å². The Bertz CT molecular complexity index is 1470. The summed E-state index contributed by atoms with van der Waals surface area (Å²) in [4.78, 5) is 21.6. The maximum absolute atomic E-state index is 15.4. The molecule has 178 valence electrons. The predicted molar refractivity (Wildman–Crippen MR) is 133 cm³/mol. The van der Waals surface area contributed by atoms with Crippen LogP contribution in [0.5, 0.6) is 0 Å². The molecule has 1 aliphatic rings.